The van der Waals surface area contributed by atoms with Crippen LogP contribution >= 0.6 is 22.9 Å². The molecule has 1 aromatic carbocycles. The summed E-state index contributed by atoms with van der Waals surface area (Å²) >= 11 is 7.53. The van der Waals surface area contributed by atoms with Crippen molar-refractivity contribution in [2.24, 2.45) is 0 Å². The Morgan fingerprint density at radius 2 is 1.40 bits per heavy atom. The van der Waals surface area contributed by atoms with Gasteiger partial charge in [-0.1, -0.05) is 23.7 Å². The maximum absolute atomic E-state index is 12.8. The molecule has 13 heteroatoms. The Morgan fingerprint density at radius 3 is 1.88 bits per heavy atom. The van der Waals surface area contributed by atoms with Crippen molar-refractivity contribution in [1.82, 2.24) is 0 Å². The smallest absolute Gasteiger partial charge is 0.221 e. The van der Waals surface area contributed by atoms with Crippen molar-refractivity contribution < 1.29 is 32.7 Å². The van der Waals surface area contributed by atoms with Gasteiger partial charge in [0, 0.05) is 10.4 Å². The lowest BCUT2D eigenvalue weighted by molar-refractivity contribution is -0.348. The standard InChI is InChI=1S/C30H53ClO7SSi4/c1-20-14-15-21(18-22(20)26(32)24-16-17-25(31)39-24)30(33)29(38-43(11,12)13)28(37-42(8,9)10)27(36-41(5,6)7)23(35-30)19-34-40(2,3)4/h14-18,23,26-29,32-33H,19H2,1-13H3/t23-,26?,27-,28+,29-,30?/m1/s1. The van der Waals surface area contributed by atoms with Gasteiger partial charge in [0.05, 0.1) is 10.9 Å². The van der Waals surface area contributed by atoms with Crippen molar-refractivity contribution in [1.29, 1.82) is 0 Å². The van der Waals surface area contributed by atoms with Gasteiger partial charge in [-0.25, -0.2) is 0 Å². The maximum Gasteiger partial charge on any atom is 0.221 e. The highest BCUT2D eigenvalue weighted by molar-refractivity contribution is 7.16. The number of benzene rings is 1. The Labute approximate surface area is 272 Å². The van der Waals surface area contributed by atoms with E-state index in [2.05, 4.69) is 78.6 Å². The summed E-state index contributed by atoms with van der Waals surface area (Å²) in [7, 11) is -8.53. The normalized spacial score (nSPS) is 26.5. The van der Waals surface area contributed by atoms with Crippen LogP contribution in [0.25, 0.3) is 0 Å². The van der Waals surface area contributed by atoms with Gasteiger partial charge in [-0.2, -0.15) is 0 Å². The number of aryl methyl sites for hydroxylation is 1. The third-order valence-corrected chi connectivity index (χ3v) is 11.9. The Morgan fingerprint density at radius 1 is 0.837 bits per heavy atom. The number of halogens is 1. The van der Waals surface area contributed by atoms with Crippen molar-refractivity contribution in [2.45, 2.75) is 122 Å². The predicted octanol–water partition coefficient (Wildman–Crippen LogP) is 7.85. The third-order valence-electron chi connectivity index (χ3n) is 6.70. The molecule has 0 spiro atoms. The van der Waals surface area contributed by atoms with Crippen LogP contribution < -0.4 is 0 Å². The second kappa shape index (κ2) is 13.5. The minimum atomic E-state index is -2.27. The third kappa shape index (κ3) is 10.4. The number of ether oxygens (including phenoxy) is 1. The fourth-order valence-electron chi connectivity index (χ4n) is 5.07. The molecule has 0 radical (unpaired) electrons. The monoisotopic (exact) mass is 704 g/mol. The van der Waals surface area contributed by atoms with Gasteiger partial charge in [0.1, 0.15) is 30.5 Å². The SMILES string of the molecule is Cc1ccc(C2(O)O[C@H](CO[Si](C)(C)C)[C@@H](O[Si](C)(C)C)[C@H](O[Si](C)(C)C)[C@H]2O[Si](C)(C)C)cc1C(O)c1ccc(Cl)s1. The summed E-state index contributed by atoms with van der Waals surface area (Å²) in [5, 5.41) is 24.2. The minimum Gasteiger partial charge on any atom is -0.415 e. The fraction of sp³-hybridized carbons (Fsp3) is 0.667. The number of thiophene rings is 1. The molecule has 0 saturated carbocycles. The molecule has 2 unspecified atom stereocenters. The van der Waals surface area contributed by atoms with Crippen LogP contribution in [0.4, 0.5) is 0 Å². The molecule has 2 heterocycles. The average Bonchev–Trinajstić information content (AvgIpc) is 3.25. The van der Waals surface area contributed by atoms with E-state index < -0.39 is 69.6 Å². The van der Waals surface area contributed by atoms with E-state index in [1.807, 2.05) is 31.2 Å². The number of hydrogen-bond donors (Lipinski definition) is 2. The van der Waals surface area contributed by atoms with Gasteiger partial charge in [-0.3, -0.25) is 0 Å². The van der Waals surface area contributed by atoms with Crippen LogP contribution in [0, 0.1) is 6.92 Å². The highest BCUT2D eigenvalue weighted by Gasteiger charge is 2.59. The van der Waals surface area contributed by atoms with E-state index in [9.17, 15) is 10.2 Å². The largest absolute Gasteiger partial charge is 0.415 e. The lowest BCUT2D eigenvalue weighted by Crippen LogP contribution is -2.69. The zero-order valence-corrected chi connectivity index (χ0v) is 33.8. The van der Waals surface area contributed by atoms with E-state index in [1.54, 1.807) is 6.07 Å². The van der Waals surface area contributed by atoms with Crippen LogP contribution in [0.5, 0.6) is 0 Å². The molecule has 7 nitrogen and oxygen atoms in total. The fourth-order valence-corrected chi connectivity index (χ4v) is 10.0. The molecule has 2 aromatic rings. The lowest BCUT2D eigenvalue weighted by atomic mass is 9.86. The van der Waals surface area contributed by atoms with Gasteiger partial charge in [0.25, 0.3) is 0 Å². The predicted molar refractivity (Wildman–Crippen MR) is 187 cm³/mol. The molecule has 1 saturated heterocycles. The first-order valence-corrected chi connectivity index (χ1v) is 29.8. The van der Waals surface area contributed by atoms with Crippen molar-refractivity contribution >= 4 is 56.2 Å². The summed E-state index contributed by atoms with van der Waals surface area (Å²) in [5.41, 5.74) is 2.04. The molecule has 1 fully saturated rings. The minimum absolute atomic E-state index is 0.257. The van der Waals surface area contributed by atoms with Crippen LogP contribution in [0.15, 0.2) is 30.3 Å². The van der Waals surface area contributed by atoms with Gasteiger partial charge in [0.2, 0.25) is 5.79 Å². The molecular formula is C30H53ClO7SSi4. The number of rotatable bonds is 12. The molecule has 1 aliphatic heterocycles. The van der Waals surface area contributed by atoms with Gasteiger partial charge in [-0.15, -0.1) is 11.3 Å². The van der Waals surface area contributed by atoms with Crippen LogP contribution in [0.3, 0.4) is 0 Å². The van der Waals surface area contributed by atoms with Crippen LogP contribution in [0.2, 0.25) is 82.9 Å². The maximum atomic E-state index is 12.8. The number of aliphatic hydroxyl groups is 2. The molecule has 2 N–H and O–H groups in total. The molecule has 6 atom stereocenters. The molecule has 1 aliphatic rings. The van der Waals surface area contributed by atoms with Gasteiger partial charge < -0.3 is 32.7 Å². The molecule has 3 rings (SSSR count). The van der Waals surface area contributed by atoms with E-state index in [-0.39, 0.29) is 6.61 Å². The van der Waals surface area contributed by atoms with E-state index in [1.165, 1.54) is 11.3 Å². The Kier molecular flexibility index (Phi) is 11.7. The lowest BCUT2D eigenvalue weighted by Gasteiger charge is -2.54. The molecule has 43 heavy (non-hydrogen) atoms. The molecular weight excluding hydrogens is 652 g/mol. The van der Waals surface area contributed by atoms with Crippen LogP contribution in [-0.4, -0.2) is 74.5 Å². The molecule has 0 bridgehead atoms. The quantitative estimate of drug-likeness (QED) is 0.218. The first-order valence-electron chi connectivity index (χ1n) is 15.0. The second-order valence-corrected chi connectivity index (χ2v) is 35.1. The van der Waals surface area contributed by atoms with Crippen molar-refractivity contribution in [2.75, 3.05) is 6.61 Å². The summed E-state index contributed by atoms with van der Waals surface area (Å²) < 4.78 is 34.4. The van der Waals surface area contributed by atoms with E-state index in [0.29, 0.717) is 15.5 Å². The summed E-state index contributed by atoms with van der Waals surface area (Å²) in [6, 6.07) is 9.19. The summed E-state index contributed by atoms with van der Waals surface area (Å²) in [6.07, 6.45) is -3.51. The van der Waals surface area contributed by atoms with E-state index in [4.69, 9.17) is 34.0 Å². The zero-order chi connectivity index (χ0) is 32.8. The van der Waals surface area contributed by atoms with Crippen LogP contribution in [-0.2, 0) is 28.2 Å². The highest BCUT2D eigenvalue weighted by atomic mass is 35.5. The second-order valence-electron chi connectivity index (χ2n) is 15.4. The molecule has 0 aliphatic carbocycles. The van der Waals surface area contributed by atoms with Gasteiger partial charge in [-0.05, 0) is 115 Å². The zero-order valence-electron chi connectivity index (χ0n) is 28.2. The Bertz CT molecular complexity index is 1230. The molecule has 0 amide bonds. The highest BCUT2D eigenvalue weighted by Crippen LogP contribution is 2.44. The number of aliphatic hydroxyl groups excluding tert-OH is 1. The van der Waals surface area contributed by atoms with Crippen LogP contribution in [0.1, 0.15) is 27.7 Å². The average molecular weight is 706 g/mol. The summed E-state index contributed by atoms with van der Waals surface area (Å²) in [6.45, 7) is 27.7. The van der Waals surface area contributed by atoms with Gasteiger partial charge >= 0.3 is 0 Å². The summed E-state index contributed by atoms with van der Waals surface area (Å²) in [4.78, 5) is 0.724. The topological polar surface area (TPSA) is 86.6 Å². The van der Waals surface area contributed by atoms with E-state index >= 15 is 0 Å². The number of hydrogen-bond acceptors (Lipinski definition) is 8. The first kappa shape index (κ1) is 37.3. The Hall–Kier alpha value is -0.202. The van der Waals surface area contributed by atoms with E-state index in [0.717, 1.165) is 10.4 Å². The Balaban J connectivity index is 2.24. The molecule has 1 aromatic heterocycles. The van der Waals surface area contributed by atoms with Crippen molar-refractivity contribution in [3.63, 3.8) is 0 Å². The van der Waals surface area contributed by atoms with Crippen molar-refractivity contribution in [3.8, 4) is 0 Å². The van der Waals surface area contributed by atoms with Gasteiger partial charge in [0.15, 0.2) is 33.3 Å². The first-order chi connectivity index (χ1) is 19.4. The molecule has 244 valence electrons. The summed E-state index contributed by atoms with van der Waals surface area (Å²) in [5.74, 6) is -1.90. The van der Waals surface area contributed by atoms with Crippen molar-refractivity contribution in [3.05, 3.63) is 56.2 Å².